The van der Waals surface area contributed by atoms with E-state index in [2.05, 4.69) is 21.3 Å². The van der Waals surface area contributed by atoms with Gasteiger partial charge in [0.25, 0.3) is 15.9 Å². The summed E-state index contributed by atoms with van der Waals surface area (Å²) in [6, 6.07) is 10.0. The molecule has 2 aromatic rings. The lowest BCUT2D eigenvalue weighted by atomic mass is 10.1. The molecule has 0 unspecified atom stereocenters. The van der Waals surface area contributed by atoms with E-state index >= 15 is 0 Å². The molecule has 1 amide bonds. The summed E-state index contributed by atoms with van der Waals surface area (Å²) in [6.45, 7) is 6.06. The third-order valence-corrected chi connectivity index (χ3v) is 6.54. The monoisotopic (exact) mass is 485 g/mol. The van der Waals surface area contributed by atoms with Gasteiger partial charge in [0.1, 0.15) is 5.75 Å². The minimum atomic E-state index is -4.87. The van der Waals surface area contributed by atoms with E-state index in [0.717, 1.165) is 56.7 Å². The summed E-state index contributed by atoms with van der Waals surface area (Å²) in [7, 11) is -4.08. The van der Waals surface area contributed by atoms with E-state index in [1.165, 1.54) is 12.1 Å². The number of amides is 1. The van der Waals surface area contributed by atoms with Gasteiger partial charge in [-0.15, -0.1) is 13.2 Å². The summed E-state index contributed by atoms with van der Waals surface area (Å²) in [5, 5.41) is 0. The number of alkyl halides is 3. The molecule has 1 aliphatic rings. The second kappa shape index (κ2) is 10.4. The maximum absolute atomic E-state index is 13.0. The van der Waals surface area contributed by atoms with Gasteiger partial charge in [-0.2, -0.15) is 0 Å². The Bertz CT molecular complexity index is 1060. The van der Waals surface area contributed by atoms with Gasteiger partial charge in [-0.1, -0.05) is 13.0 Å². The van der Waals surface area contributed by atoms with Crippen molar-refractivity contribution in [1.29, 1.82) is 0 Å². The lowest BCUT2D eigenvalue weighted by Gasteiger charge is -2.22. The number of anilines is 1. The van der Waals surface area contributed by atoms with Crippen molar-refractivity contribution < 1.29 is 31.1 Å². The van der Waals surface area contributed by atoms with Crippen LogP contribution in [0.5, 0.6) is 5.75 Å². The normalized spacial score (nSPS) is 15.7. The number of carbonyl (C=O) groups is 1. The molecule has 0 atom stereocenters. The lowest BCUT2D eigenvalue weighted by Crippen LogP contribution is -2.35. The Morgan fingerprint density at radius 3 is 2.45 bits per heavy atom. The standard InChI is InChI=1S/C22H26F3N3O4S/c1-2-11-27-12-4-13-28(15-14-27)21(29)17-5-3-6-18(16-17)26-33(30,31)20-9-7-19(8-10-20)32-22(23,24)25/h3,5-10,16,26H,2,4,11-15H2,1H3. The van der Waals surface area contributed by atoms with Crippen molar-refractivity contribution in [3.8, 4) is 5.75 Å². The van der Waals surface area contributed by atoms with Crippen molar-refractivity contribution in [2.75, 3.05) is 37.4 Å². The summed E-state index contributed by atoms with van der Waals surface area (Å²) >= 11 is 0. The fourth-order valence-corrected chi connectivity index (χ4v) is 4.70. The molecule has 2 aromatic carbocycles. The predicted octanol–water partition coefficient (Wildman–Crippen LogP) is 3.94. The Morgan fingerprint density at radius 1 is 1.06 bits per heavy atom. The largest absolute Gasteiger partial charge is 0.573 e. The molecule has 1 N–H and O–H groups in total. The third kappa shape index (κ3) is 7.10. The van der Waals surface area contributed by atoms with Crippen molar-refractivity contribution in [3.05, 3.63) is 54.1 Å². The van der Waals surface area contributed by atoms with Gasteiger partial charge in [0.2, 0.25) is 0 Å². The van der Waals surface area contributed by atoms with Crippen LogP contribution in [0, 0.1) is 0 Å². The molecule has 7 nitrogen and oxygen atoms in total. The van der Waals surface area contributed by atoms with Crippen LogP contribution in [-0.4, -0.2) is 63.2 Å². The van der Waals surface area contributed by atoms with Crippen LogP contribution in [0.1, 0.15) is 30.1 Å². The molecular formula is C22H26F3N3O4S. The van der Waals surface area contributed by atoms with Crippen molar-refractivity contribution in [3.63, 3.8) is 0 Å². The van der Waals surface area contributed by atoms with E-state index in [1.807, 2.05) is 0 Å². The van der Waals surface area contributed by atoms with Crippen molar-refractivity contribution in [2.24, 2.45) is 0 Å². The summed E-state index contributed by atoms with van der Waals surface area (Å²) in [6.07, 6.45) is -2.95. The summed E-state index contributed by atoms with van der Waals surface area (Å²) in [4.78, 5) is 16.8. The summed E-state index contributed by atoms with van der Waals surface area (Å²) in [5.41, 5.74) is 0.534. The average Bonchev–Trinajstić information content (AvgIpc) is 2.98. The van der Waals surface area contributed by atoms with Crippen LogP contribution in [0.3, 0.4) is 0 Å². The highest BCUT2D eigenvalue weighted by Gasteiger charge is 2.31. The van der Waals surface area contributed by atoms with Gasteiger partial charge in [0, 0.05) is 30.9 Å². The molecule has 0 aliphatic carbocycles. The quantitative estimate of drug-likeness (QED) is 0.643. The number of sulfonamides is 1. The van der Waals surface area contributed by atoms with Gasteiger partial charge in [-0.3, -0.25) is 9.52 Å². The molecule has 1 fully saturated rings. The molecule has 11 heteroatoms. The Kier molecular flexibility index (Phi) is 7.85. The fraction of sp³-hybridized carbons (Fsp3) is 0.409. The van der Waals surface area contributed by atoms with E-state index in [-0.39, 0.29) is 16.5 Å². The molecule has 0 bridgehead atoms. The highest BCUT2D eigenvalue weighted by molar-refractivity contribution is 7.92. The van der Waals surface area contributed by atoms with Crippen LogP contribution in [-0.2, 0) is 10.0 Å². The zero-order valence-electron chi connectivity index (χ0n) is 18.1. The maximum atomic E-state index is 13.0. The van der Waals surface area contributed by atoms with Gasteiger partial charge in [-0.05, 0) is 68.4 Å². The highest BCUT2D eigenvalue weighted by Crippen LogP contribution is 2.25. The highest BCUT2D eigenvalue weighted by atomic mass is 32.2. The number of hydrogen-bond acceptors (Lipinski definition) is 5. The zero-order chi connectivity index (χ0) is 24.1. The average molecular weight is 486 g/mol. The molecule has 1 heterocycles. The molecule has 0 aromatic heterocycles. The number of hydrogen-bond donors (Lipinski definition) is 1. The van der Waals surface area contributed by atoms with Crippen molar-refractivity contribution in [1.82, 2.24) is 9.80 Å². The number of halogens is 3. The van der Waals surface area contributed by atoms with Gasteiger partial charge in [0.15, 0.2) is 0 Å². The maximum Gasteiger partial charge on any atom is 0.573 e. The van der Waals surface area contributed by atoms with Crippen molar-refractivity contribution in [2.45, 2.75) is 31.0 Å². The Balaban J connectivity index is 1.69. The Labute approximate surface area is 191 Å². The lowest BCUT2D eigenvalue weighted by molar-refractivity contribution is -0.274. The molecule has 0 saturated carbocycles. The molecule has 0 radical (unpaired) electrons. The number of nitrogens with zero attached hydrogens (tertiary/aromatic N) is 2. The van der Waals surface area contributed by atoms with Crippen LogP contribution in [0.2, 0.25) is 0 Å². The smallest absolute Gasteiger partial charge is 0.406 e. The minimum Gasteiger partial charge on any atom is -0.406 e. The number of ether oxygens (including phenoxy) is 1. The van der Waals surface area contributed by atoms with Crippen LogP contribution in [0.15, 0.2) is 53.4 Å². The van der Waals surface area contributed by atoms with E-state index < -0.39 is 22.1 Å². The van der Waals surface area contributed by atoms with Gasteiger partial charge >= 0.3 is 6.36 Å². The molecular weight excluding hydrogens is 459 g/mol. The first kappa shape index (κ1) is 24.8. The van der Waals surface area contributed by atoms with E-state index in [4.69, 9.17) is 0 Å². The van der Waals surface area contributed by atoms with Crippen molar-refractivity contribution >= 4 is 21.6 Å². The van der Waals surface area contributed by atoms with Crippen LogP contribution in [0.4, 0.5) is 18.9 Å². The number of nitrogens with one attached hydrogen (secondary N) is 1. The topological polar surface area (TPSA) is 79.0 Å². The summed E-state index contributed by atoms with van der Waals surface area (Å²) < 4.78 is 68.3. The SMILES string of the molecule is CCCN1CCCN(C(=O)c2cccc(NS(=O)(=O)c3ccc(OC(F)(F)F)cc3)c2)CC1. The van der Waals surface area contributed by atoms with Gasteiger partial charge < -0.3 is 14.5 Å². The van der Waals surface area contributed by atoms with Crippen LogP contribution in [0.25, 0.3) is 0 Å². The second-order valence-electron chi connectivity index (χ2n) is 7.69. The van der Waals surface area contributed by atoms with E-state index in [9.17, 15) is 26.4 Å². The van der Waals surface area contributed by atoms with Crippen LogP contribution < -0.4 is 9.46 Å². The minimum absolute atomic E-state index is 0.178. The molecule has 1 saturated heterocycles. The second-order valence-corrected chi connectivity index (χ2v) is 9.38. The first-order valence-electron chi connectivity index (χ1n) is 10.6. The third-order valence-electron chi connectivity index (χ3n) is 5.14. The van der Waals surface area contributed by atoms with Crippen LogP contribution >= 0.6 is 0 Å². The molecule has 1 aliphatic heterocycles. The Hall–Kier alpha value is -2.79. The zero-order valence-corrected chi connectivity index (χ0v) is 19.0. The van der Waals surface area contributed by atoms with Gasteiger partial charge in [-0.25, -0.2) is 8.42 Å². The Morgan fingerprint density at radius 2 is 1.79 bits per heavy atom. The molecule has 0 spiro atoms. The predicted molar refractivity (Wildman–Crippen MR) is 118 cm³/mol. The number of carbonyl (C=O) groups excluding carboxylic acids is 1. The number of rotatable bonds is 7. The first-order valence-corrected chi connectivity index (χ1v) is 12.1. The molecule has 33 heavy (non-hydrogen) atoms. The van der Waals surface area contributed by atoms with E-state index in [1.54, 1.807) is 17.0 Å². The molecule has 180 valence electrons. The van der Waals surface area contributed by atoms with Gasteiger partial charge in [0.05, 0.1) is 4.90 Å². The first-order chi connectivity index (χ1) is 15.6. The summed E-state index contributed by atoms with van der Waals surface area (Å²) in [5.74, 6) is -0.702. The fourth-order valence-electron chi connectivity index (χ4n) is 3.65. The molecule has 3 rings (SSSR count). The van der Waals surface area contributed by atoms with E-state index in [0.29, 0.717) is 18.7 Å². The number of benzene rings is 2.